The molecule has 3 rings (SSSR count). The van der Waals surface area contributed by atoms with Gasteiger partial charge in [-0.05, 0) is 24.1 Å². The Kier molecular flexibility index (Phi) is 2.65. The molecule has 2 aromatic rings. The summed E-state index contributed by atoms with van der Waals surface area (Å²) in [7, 11) is 0. The molecule has 0 fully saturated rings. The SMILES string of the molecule is Clc1ccnc(C2=NCCc3ccccc32)c1. The standard InChI is InChI=1S/C14H11ClN2/c15-11-6-8-16-13(9-11)14-12-4-2-1-3-10(12)5-7-17-14/h1-4,6,8-9H,5,7H2. The van der Waals surface area contributed by atoms with Gasteiger partial charge in [0.1, 0.15) is 0 Å². The fraction of sp³-hybridized carbons (Fsp3) is 0.143. The van der Waals surface area contributed by atoms with E-state index in [1.807, 2.05) is 12.1 Å². The number of halogens is 1. The molecule has 0 saturated heterocycles. The molecule has 1 aliphatic heterocycles. The third-order valence-corrected chi connectivity index (χ3v) is 3.12. The maximum absolute atomic E-state index is 6.00. The predicted octanol–water partition coefficient (Wildman–Crippen LogP) is 3.13. The van der Waals surface area contributed by atoms with Crippen LogP contribution in [0.25, 0.3) is 0 Å². The van der Waals surface area contributed by atoms with Crippen LogP contribution in [0.5, 0.6) is 0 Å². The number of aromatic nitrogens is 1. The van der Waals surface area contributed by atoms with Crippen molar-refractivity contribution in [3.05, 3.63) is 64.4 Å². The van der Waals surface area contributed by atoms with Gasteiger partial charge < -0.3 is 0 Å². The molecule has 0 bridgehead atoms. The molecule has 2 heterocycles. The van der Waals surface area contributed by atoms with E-state index >= 15 is 0 Å². The summed E-state index contributed by atoms with van der Waals surface area (Å²) >= 11 is 6.00. The van der Waals surface area contributed by atoms with Crippen LogP contribution >= 0.6 is 11.6 Å². The summed E-state index contributed by atoms with van der Waals surface area (Å²) in [5.74, 6) is 0. The Bertz CT molecular complexity index is 590. The molecule has 0 N–H and O–H groups in total. The minimum absolute atomic E-state index is 0.695. The summed E-state index contributed by atoms with van der Waals surface area (Å²) in [5.41, 5.74) is 4.31. The number of benzene rings is 1. The average Bonchev–Trinajstić information content (AvgIpc) is 2.38. The summed E-state index contributed by atoms with van der Waals surface area (Å²) in [6.07, 6.45) is 2.72. The Morgan fingerprint density at radius 1 is 1.12 bits per heavy atom. The van der Waals surface area contributed by atoms with Gasteiger partial charge in [-0.2, -0.15) is 0 Å². The molecule has 3 heteroatoms. The van der Waals surface area contributed by atoms with Crippen molar-refractivity contribution in [3.8, 4) is 0 Å². The van der Waals surface area contributed by atoms with Crippen molar-refractivity contribution < 1.29 is 0 Å². The Balaban J connectivity index is 2.13. The van der Waals surface area contributed by atoms with E-state index in [2.05, 4.69) is 28.2 Å². The summed E-state index contributed by atoms with van der Waals surface area (Å²) in [4.78, 5) is 8.92. The van der Waals surface area contributed by atoms with E-state index in [1.54, 1.807) is 12.3 Å². The number of rotatable bonds is 1. The molecular formula is C14H11ClN2. The molecule has 1 aromatic heterocycles. The fourth-order valence-corrected chi connectivity index (χ4v) is 2.26. The highest BCUT2D eigenvalue weighted by atomic mass is 35.5. The Hall–Kier alpha value is -1.67. The molecule has 84 valence electrons. The van der Waals surface area contributed by atoms with Gasteiger partial charge in [-0.3, -0.25) is 9.98 Å². The molecule has 0 radical (unpaired) electrons. The zero-order valence-electron chi connectivity index (χ0n) is 9.23. The highest BCUT2D eigenvalue weighted by Crippen LogP contribution is 2.20. The van der Waals surface area contributed by atoms with E-state index in [-0.39, 0.29) is 0 Å². The van der Waals surface area contributed by atoms with Crippen LogP contribution in [-0.2, 0) is 6.42 Å². The van der Waals surface area contributed by atoms with Gasteiger partial charge >= 0.3 is 0 Å². The first kappa shape index (κ1) is 10.5. The Labute approximate surface area is 105 Å². The van der Waals surface area contributed by atoms with Gasteiger partial charge in [-0.1, -0.05) is 35.9 Å². The summed E-state index contributed by atoms with van der Waals surface area (Å²) in [6.45, 7) is 0.820. The van der Waals surface area contributed by atoms with Gasteiger partial charge in [0.25, 0.3) is 0 Å². The van der Waals surface area contributed by atoms with Crippen molar-refractivity contribution >= 4 is 17.3 Å². The molecule has 0 atom stereocenters. The van der Waals surface area contributed by atoms with Crippen molar-refractivity contribution in [1.29, 1.82) is 0 Å². The van der Waals surface area contributed by atoms with Crippen LogP contribution < -0.4 is 0 Å². The molecule has 0 unspecified atom stereocenters. The third kappa shape index (κ3) is 1.96. The largest absolute Gasteiger partial charge is 0.282 e. The lowest BCUT2D eigenvalue weighted by Crippen LogP contribution is -2.15. The van der Waals surface area contributed by atoms with Gasteiger partial charge in [-0.15, -0.1) is 0 Å². The first-order chi connectivity index (χ1) is 8.34. The van der Waals surface area contributed by atoms with Gasteiger partial charge in [0, 0.05) is 23.3 Å². The van der Waals surface area contributed by atoms with E-state index in [0.717, 1.165) is 24.4 Å². The number of hydrogen-bond donors (Lipinski definition) is 0. The molecule has 0 aliphatic carbocycles. The molecule has 1 aliphatic rings. The second-order valence-corrected chi connectivity index (χ2v) is 4.43. The summed E-state index contributed by atoms with van der Waals surface area (Å²) in [6, 6.07) is 12.0. The van der Waals surface area contributed by atoms with Crippen LogP contribution in [0.4, 0.5) is 0 Å². The zero-order chi connectivity index (χ0) is 11.7. The Morgan fingerprint density at radius 2 is 2.00 bits per heavy atom. The normalized spacial score (nSPS) is 14.1. The quantitative estimate of drug-likeness (QED) is 0.754. The van der Waals surface area contributed by atoms with Crippen LogP contribution in [0.2, 0.25) is 5.02 Å². The van der Waals surface area contributed by atoms with E-state index in [9.17, 15) is 0 Å². The lowest BCUT2D eigenvalue weighted by Gasteiger charge is -2.16. The highest BCUT2D eigenvalue weighted by molar-refractivity contribution is 6.31. The summed E-state index contributed by atoms with van der Waals surface area (Å²) in [5, 5.41) is 0.695. The fourth-order valence-electron chi connectivity index (χ4n) is 2.10. The topological polar surface area (TPSA) is 25.2 Å². The second kappa shape index (κ2) is 4.30. The van der Waals surface area contributed by atoms with Gasteiger partial charge in [0.05, 0.1) is 11.4 Å². The smallest absolute Gasteiger partial charge is 0.0906 e. The van der Waals surface area contributed by atoms with E-state index < -0.39 is 0 Å². The highest BCUT2D eigenvalue weighted by Gasteiger charge is 2.15. The molecule has 0 amide bonds. The monoisotopic (exact) mass is 242 g/mol. The lowest BCUT2D eigenvalue weighted by atomic mass is 9.96. The van der Waals surface area contributed by atoms with Gasteiger partial charge in [0.2, 0.25) is 0 Å². The number of hydrogen-bond acceptors (Lipinski definition) is 2. The van der Waals surface area contributed by atoms with Crippen LogP contribution in [-0.4, -0.2) is 17.2 Å². The predicted molar refractivity (Wildman–Crippen MR) is 69.9 cm³/mol. The van der Waals surface area contributed by atoms with Gasteiger partial charge in [-0.25, -0.2) is 0 Å². The van der Waals surface area contributed by atoms with Crippen LogP contribution in [0, 0.1) is 0 Å². The van der Waals surface area contributed by atoms with Crippen molar-refractivity contribution in [2.45, 2.75) is 6.42 Å². The van der Waals surface area contributed by atoms with Crippen LogP contribution in [0.1, 0.15) is 16.8 Å². The minimum atomic E-state index is 0.695. The molecular weight excluding hydrogens is 232 g/mol. The first-order valence-corrected chi connectivity index (χ1v) is 5.97. The maximum Gasteiger partial charge on any atom is 0.0906 e. The summed E-state index contributed by atoms with van der Waals surface area (Å²) < 4.78 is 0. The maximum atomic E-state index is 6.00. The average molecular weight is 243 g/mol. The van der Waals surface area contributed by atoms with Crippen LogP contribution in [0.15, 0.2) is 47.6 Å². The third-order valence-electron chi connectivity index (χ3n) is 2.89. The van der Waals surface area contributed by atoms with Crippen molar-refractivity contribution in [3.63, 3.8) is 0 Å². The van der Waals surface area contributed by atoms with E-state index in [4.69, 9.17) is 11.6 Å². The van der Waals surface area contributed by atoms with Crippen molar-refractivity contribution in [1.82, 2.24) is 4.98 Å². The number of aliphatic imine (C=N–C) groups is 1. The van der Waals surface area contributed by atoms with E-state index in [0.29, 0.717) is 5.02 Å². The van der Waals surface area contributed by atoms with E-state index in [1.165, 1.54) is 11.1 Å². The Morgan fingerprint density at radius 3 is 2.88 bits per heavy atom. The molecule has 0 spiro atoms. The molecule has 1 aromatic carbocycles. The number of nitrogens with zero attached hydrogens (tertiary/aromatic N) is 2. The first-order valence-electron chi connectivity index (χ1n) is 5.59. The molecule has 2 nitrogen and oxygen atoms in total. The molecule has 17 heavy (non-hydrogen) atoms. The van der Waals surface area contributed by atoms with Gasteiger partial charge in [0.15, 0.2) is 0 Å². The number of pyridine rings is 1. The zero-order valence-corrected chi connectivity index (χ0v) is 9.98. The van der Waals surface area contributed by atoms with Crippen molar-refractivity contribution in [2.75, 3.05) is 6.54 Å². The lowest BCUT2D eigenvalue weighted by molar-refractivity contribution is 0.941. The van der Waals surface area contributed by atoms with Crippen LogP contribution in [0.3, 0.4) is 0 Å². The number of fused-ring (bicyclic) bond motifs is 1. The molecule has 0 saturated carbocycles. The second-order valence-electron chi connectivity index (χ2n) is 4.00. The minimum Gasteiger partial charge on any atom is -0.282 e. The van der Waals surface area contributed by atoms with Crippen molar-refractivity contribution in [2.24, 2.45) is 4.99 Å².